The van der Waals surface area contributed by atoms with Gasteiger partial charge in [0.2, 0.25) is 5.89 Å². The number of thioether (sulfide) groups is 1. The Kier molecular flexibility index (Phi) is 5.52. The Morgan fingerprint density at radius 2 is 2.21 bits per heavy atom. The smallest absolute Gasteiger partial charge is 0.204 e. The third-order valence-electron chi connectivity index (χ3n) is 4.19. The van der Waals surface area contributed by atoms with E-state index in [1.165, 1.54) is 17.1 Å². The monoisotopic (exact) mass is 366 g/mol. The summed E-state index contributed by atoms with van der Waals surface area (Å²) >= 11 is 3.43. The van der Waals surface area contributed by atoms with Gasteiger partial charge in [-0.2, -0.15) is 0 Å². The molecule has 2 aromatic rings. The Morgan fingerprint density at radius 3 is 2.92 bits per heavy atom. The van der Waals surface area contributed by atoms with Gasteiger partial charge in [0.1, 0.15) is 5.76 Å². The molecule has 2 atom stereocenters. The molecule has 3 heterocycles. The second-order valence-corrected chi connectivity index (χ2v) is 9.58. The van der Waals surface area contributed by atoms with Crippen molar-refractivity contribution in [1.82, 2.24) is 15.3 Å². The number of nitrogens with zero attached hydrogens (tertiary/aromatic N) is 2. The fraction of sp³-hybridized carbons (Fsp3) is 0.647. The van der Waals surface area contributed by atoms with Crippen molar-refractivity contribution in [1.29, 1.82) is 0 Å². The van der Waals surface area contributed by atoms with E-state index in [-0.39, 0.29) is 5.41 Å². The minimum atomic E-state index is 0.00220. The van der Waals surface area contributed by atoms with Gasteiger partial charge in [-0.15, -0.1) is 11.8 Å². The molecule has 0 aromatic carbocycles. The van der Waals surface area contributed by atoms with Gasteiger partial charge in [0.15, 0.2) is 5.13 Å². The number of oxazole rings is 1. The molecule has 5 nitrogen and oxygen atoms in total. The lowest BCUT2D eigenvalue weighted by Gasteiger charge is -2.30. The first-order chi connectivity index (χ1) is 11.4. The normalized spacial score (nSPS) is 21.8. The van der Waals surface area contributed by atoms with Crippen LogP contribution in [0.5, 0.6) is 0 Å². The highest BCUT2D eigenvalue weighted by Gasteiger charge is 2.22. The van der Waals surface area contributed by atoms with Gasteiger partial charge in [-0.1, -0.05) is 32.1 Å². The molecule has 1 aliphatic rings. The molecule has 0 amide bonds. The topological polar surface area (TPSA) is 63.0 Å². The van der Waals surface area contributed by atoms with Crippen LogP contribution in [0.3, 0.4) is 0 Å². The lowest BCUT2D eigenvalue weighted by molar-refractivity contribution is 0.389. The number of hydrogen-bond acceptors (Lipinski definition) is 7. The lowest BCUT2D eigenvalue weighted by atomic mass is 9.94. The summed E-state index contributed by atoms with van der Waals surface area (Å²) in [6, 6.07) is 0.950. The second kappa shape index (κ2) is 7.45. The van der Waals surface area contributed by atoms with Gasteiger partial charge in [-0.05, 0) is 26.3 Å². The molecule has 0 bridgehead atoms. The van der Waals surface area contributed by atoms with Crippen LogP contribution in [0.4, 0.5) is 5.13 Å². The zero-order valence-electron chi connectivity index (χ0n) is 14.8. The Labute approximate surface area is 152 Å². The summed E-state index contributed by atoms with van der Waals surface area (Å²) in [6.45, 7) is 9.74. The molecule has 132 valence electrons. The first-order valence-electron chi connectivity index (χ1n) is 8.45. The maximum Gasteiger partial charge on any atom is 0.204 e. The van der Waals surface area contributed by atoms with Crippen LogP contribution in [0.25, 0.3) is 0 Å². The highest BCUT2D eigenvalue weighted by atomic mass is 32.2. The van der Waals surface area contributed by atoms with Gasteiger partial charge in [0.25, 0.3) is 0 Å². The van der Waals surface area contributed by atoms with Crippen molar-refractivity contribution in [2.75, 3.05) is 11.9 Å². The first-order valence-corrected chi connectivity index (χ1v) is 10.3. The van der Waals surface area contributed by atoms with E-state index in [1.807, 2.05) is 12.4 Å². The van der Waals surface area contributed by atoms with Crippen LogP contribution in [0.15, 0.2) is 21.0 Å². The minimum Gasteiger partial charge on any atom is -0.444 e. The summed E-state index contributed by atoms with van der Waals surface area (Å²) < 4.78 is 7.03. The fourth-order valence-corrected chi connectivity index (χ4v) is 4.44. The van der Waals surface area contributed by atoms with Crippen LogP contribution in [-0.2, 0) is 11.2 Å². The van der Waals surface area contributed by atoms with Gasteiger partial charge in [0, 0.05) is 17.5 Å². The van der Waals surface area contributed by atoms with Gasteiger partial charge < -0.3 is 15.1 Å². The van der Waals surface area contributed by atoms with Crippen molar-refractivity contribution in [3.8, 4) is 0 Å². The maximum atomic E-state index is 5.84. The molecule has 0 saturated carbocycles. The van der Waals surface area contributed by atoms with E-state index >= 15 is 0 Å². The molecular weight excluding hydrogens is 340 g/mol. The molecule has 7 heteroatoms. The Hall–Kier alpha value is -1.05. The standard InChI is InChI=1S/C17H26N4OS2/c1-11-12(6-5-7-18-11)21-16-20-9-15(24-16)23-10-14-19-8-13(22-14)17(2,3)4/h8-9,11-12,18H,5-7,10H2,1-4H3,(H,20,21)/t11-,12-/m1/s1. The van der Waals surface area contributed by atoms with Crippen LogP contribution in [-0.4, -0.2) is 28.6 Å². The highest BCUT2D eigenvalue weighted by Crippen LogP contribution is 2.32. The van der Waals surface area contributed by atoms with Crippen molar-refractivity contribution in [3.63, 3.8) is 0 Å². The number of thiazole rings is 1. The SMILES string of the molecule is C[C@H]1NCCC[C@H]1Nc1ncc(SCc2ncc(C(C)(C)C)o2)s1. The number of rotatable bonds is 5. The van der Waals surface area contributed by atoms with Crippen LogP contribution in [0.2, 0.25) is 0 Å². The van der Waals surface area contributed by atoms with Crippen molar-refractivity contribution in [2.45, 2.75) is 68.0 Å². The second-order valence-electron chi connectivity index (χ2n) is 7.28. The van der Waals surface area contributed by atoms with E-state index in [2.05, 4.69) is 48.3 Å². The molecule has 0 spiro atoms. The van der Waals surface area contributed by atoms with Crippen molar-refractivity contribution in [2.24, 2.45) is 0 Å². The summed E-state index contributed by atoms with van der Waals surface area (Å²) in [5.74, 6) is 2.44. The predicted octanol–water partition coefficient (Wildman–Crippen LogP) is 4.27. The van der Waals surface area contributed by atoms with Gasteiger partial charge in [-0.3, -0.25) is 0 Å². The summed E-state index contributed by atoms with van der Waals surface area (Å²) in [6.07, 6.45) is 6.19. The van der Waals surface area contributed by atoms with E-state index in [0.29, 0.717) is 12.1 Å². The van der Waals surface area contributed by atoms with Crippen LogP contribution in [0, 0.1) is 0 Å². The number of aromatic nitrogens is 2. The number of piperidine rings is 1. The third kappa shape index (κ3) is 4.52. The van der Waals surface area contributed by atoms with Crippen molar-refractivity contribution >= 4 is 28.2 Å². The largest absolute Gasteiger partial charge is 0.444 e. The number of nitrogens with one attached hydrogen (secondary N) is 2. The molecule has 0 radical (unpaired) electrons. The summed E-state index contributed by atoms with van der Waals surface area (Å²) in [5.41, 5.74) is 0.00220. The van der Waals surface area contributed by atoms with Gasteiger partial charge >= 0.3 is 0 Å². The van der Waals surface area contributed by atoms with E-state index in [1.54, 1.807) is 23.1 Å². The number of anilines is 1. The molecule has 0 aliphatic carbocycles. The zero-order chi connectivity index (χ0) is 17.2. The Balaban J connectivity index is 1.53. The van der Waals surface area contributed by atoms with Crippen LogP contribution >= 0.6 is 23.1 Å². The highest BCUT2D eigenvalue weighted by molar-refractivity contribution is 8.00. The van der Waals surface area contributed by atoms with E-state index < -0.39 is 0 Å². The molecule has 2 N–H and O–H groups in total. The molecule has 1 saturated heterocycles. The average Bonchev–Trinajstić information content (AvgIpc) is 3.16. The molecule has 1 aliphatic heterocycles. The summed E-state index contributed by atoms with van der Waals surface area (Å²) in [7, 11) is 0. The maximum absolute atomic E-state index is 5.84. The molecule has 1 fully saturated rings. The van der Waals surface area contributed by atoms with E-state index in [9.17, 15) is 0 Å². The van der Waals surface area contributed by atoms with Gasteiger partial charge in [0.05, 0.1) is 22.4 Å². The zero-order valence-corrected chi connectivity index (χ0v) is 16.4. The van der Waals surface area contributed by atoms with Crippen LogP contribution in [0.1, 0.15) is 52.2 Å². The van der Waals surface area contributed by atoms with Crippen molar-refractivity contribution < 1.29 is 4.42 Å². The van der Waals surface area contributed by atoms with Crippen LogP contribution < -0.4 is 10.6 Å². The Morgan fingerprint density at radius 1 is 1.38 bits per heavy atom. The minimum absolute atomic E-state index is 0.00220. The predicted molar refractivity (Wildman–Crippen MR) is 101 cm³/mol. The molecular formula is C17H26N4OS2. The van der Waals surface area contributed by atoms with Crippen molar-refractivity contribution in [3.05, 3.63) is 24.0 Å². The number of hydrogen-bond donors (Lipinski definition) is 2. The third-order valence-corrected chi connectivity index (χ3v) is 6.29. The quantitative estimate of drug-likeness (QED) is 0.771. The fourth-order valence-electron chi connectivity index (χ4n) is 2.65. The first kappa shape index (κ1) is 17.8. The average molecular weight is 367 g/mol. The molecule has 3 rings (SSSR count). The molecule has 2 aromatic heterocycles. The lowest BCUT2D eigenvalue weighted by Crippen LogP contribution is -2.46. The molecule has 0 unspecified atom stereocenters. The Bertz CT molecular complexity index is 662. The summed E-state index contributed by atoms with van der Waals surface area (Å²) in [4.78, 5) is 8.89. The van der Waals surface area contributed by atoms with E-state index in [4.69, 9.17) is 4.42 Å². The van der Waals surface area contributed by atoms with E-state index in [0.717, 1.165) is 29.1 Å². The summed E-state index contributed by atoms with van der Waals surface area (Å²) in [5, 5.41) is 8.08. The molecule has 24 heavy (non-hydrogen) atoms. The van der Waals surface area contributed by atoms with Gasteiger partial charge in [-0.25, -0.2) is 9.97 Å².